The summed E-state index contributed by atoms with van der Waals surface area (Å²) in [7, 11) is 1.62. The largest absolute Gasteiger partial charge is 0.484 e. The molecule has 0 atom stereocenters. The SMILES string of the molecule is CN(Cc1nc(-c2cccnc2)no1)C(=O)c1cccc(OCC(N)=O)c1. The fraction of sp³-hybridized carbons (Fsp3) is 0.167. The number of carbonyl (C=O) groups excluding carboxylic acids is 2. The number of amides is 2. The highest BCUT2D eigenvalue weighted by Gasteiger charge is 2.17. The highest BCUT2D eigenvalue weighted by atomic mass is 16.5. The Morgan fingerprint density at radius 1 is 1.26 bits per heavy atom. The van der Waals surface area contributed by atoms with Gasteiger partial charge < -0.3 is 19.9 Å². The Bertz CT molecular complexity index is 942. The van der Waals surface area contributed by atoms with Crippen molar-refractivity contribution in [2.75, 3.05) is 13.7 Å². The monoisotopic (exact) mass is 367 g/mol. The summed E-state index contributed by atoms with van der Waals surface area (Å²) < 4.78 is 10.4. The van der Waals surface area contributed by atoms with Gasteiger partial charge in [0, 0.05) is 30.6 Å². The zero-order valence-corrected chi connectivity index (χ0v) is 14.5. The van der Waals surface area contributed by atoms with Crippen LogP contribution in [-0.4, -0.2) is 45.5 Å². The van der Waals surface area contributed by atoms with Gasteiger partial charge in [-0.25, -0.2) is 0 Å². The van der Waals surface area contributed by atoms with Crippen LogP contribution in [0.5, 0.6) is 5.75 Å². The molecule has 2 N–H and O–H groups in total. The van der Waals surface area contributed by atoms with E-state index in [1.165, 1.54) is 11.0 Å². The molecule has 0 radical (unpaired) electrons. The molecule has 0 aliphatic rings. The van der Waals surface area contributed by atoms with Crippen LogP contribution < -0.4 is 10.5 Å². The summed E-state index contributed by atoms with van der Waals surface area (Å²) in [6, 6.07) is 10.1. The summed E-state index contributed by atoms with van der Waals surface area (Å²) in [5, 5.41) is 3.90. The van der Waals surface area contributed by atoms with E-state index in [9.17, 15) is 9.59 Å². The lowest BCUT2D eigenvalue weighted by molar-refractivity contribution is -0.119. The molecular formula is C18H17N5O4. The number of nitrogens with zero attached hydrogens (tertiary/aromatic N) is 4. The molecule has 3 aromatic rings. The van der Waals surface area contributed by atoms with E-state index in [0.717, 1.165) is 5.56 Å². The van der Waals surface area contributed by atoms with Crippen molar-refractivity contribution in [3.8, 4) is 17.1 Å². The maximum atomic E-state index is 12.6. The smallest absolute Gasteiger partial charge is 0.255 e. The summed E-state index contributed by atoms with van der Waals surface area (Å²) in [5.41, 5.74) is 6.17. The topological polar surface area (TPSA) is 124 Å². The van der Waals surface area contributed by atoms with Gasteiger partial charge in [0.25, 0.3) is 11.8 Å². The van der Waals surface area contributed by atoms with Crippen LogP contribution in [0.3, 0.4) is 0 Å². The first-order chi connectivity index (χ1) is 13.0. The van der Waals surface area contributed by atoms with Gasteiger partial charge in [0.05, 0.1) is 6.54 Å². The number of rotatable bonds is 7. The van der Waals surface area contributed by atoms with E-state index >= 15 is 0 Å². The van der Waals surface area contributed by atoms with Crippen molar-refractivity contribution >= 4 is 11.8 Å². The molecule has 1 aromatic carbocycles. The molecule has 0 fully saturated rings. The van der Waals surface area contributed by atoms with Gasteiger partial charge in [0.1, 0.15) is 5.75 Å². The number of pyridine rings is 1. The predicted molar refractivity (Wildman–Crippen MR) is 94.5 cm³/mol. The highest BCUT2D eigenvalue weighted by molar-refractivity contribution is 5.94. The average molecular weight is 367 g/mol. The number of benzene rings is 1. The Morgan fingerprint density at radius 2 is 2.11 bits per heavy atom. The molecule has 2 amide bonds. The van der Waals surface area contributed by atoms with Crippen LogP contribution in [-0.2, 0) is 11.3 Å². The molecule has 3 rings (SSSR count). The second-order valence-corrected chi connectivity index (χ2v) is 5.70. The van der Waals surface area contributed by atoms with Crippen molar-refractivity contribution in [1.29, 1.82) is 0 Å². The number of carbonyl (C=O) groups is 2. The zero-order valence-electron chi connectivity index (χ0n) is 14.5. The standard InChI is InChI=1S/C18H17N5O4/c1-23(10-16-21-17(22-27-16)13-5-3-7-20-9-13)18(25)12-4-2-6-14(8-12)26-11-15(19)24/h2-9H,10-11H2,1H3,(H2,19,24). The summed E-state index contributed by atoms with van der Waals surface area (Å²) in [6.07, 6.45) is 3.28. The number of nitrogens with two attached hydrogens (primary N) is 1. The molecule has 0 aliphatic heterocycles. The summed E-state index contributed by atoms with van der Waals surface area (Å²) >= 11 is 0. The van der Waals surface area contributed by atoms with Gasteiger partial charge in [-0.1, -0.05) is 11.2 Å². The molecule has 0 saturated heterocycles. The molecule has 0 aliphatic carbocycles. The van der Waals surface area contributed by atoms with Crippen molar-refractivity contribution < 1.29 is 18.8 Å². The molecule has 138 valence electrons. The first-order valence-corrected chi connectivity index (χ1v) is 8.02. The van der Waals surface area contributed by atoms with Gasteiger partial charge in [0.2, 0.25) is 11.7 Å². The van der Waals surface area contributed by atoms with Crippen LogP contribution in [0.15, 0.2) is 53.3 Å². The Morgan fingerprint density at radius 3 is 2.85 bits per heavy atom. The van der Waals surface area contributed by atoms with Crippen molar-refractivity contribution in [3.05, 3.63) is 60.2 Å². The van der Waals surface area contributed by atoms with E-state index in [0.29, 0.717) is 23.0 Å². The Kier molecular flexibility index (Phi) is 5.41. The fourth-order valence-electron chi connectivity index (χ4n) is 2.30. The fourth-order valence-corrected chi connectivity index (χ4v) is 2.30. The van der Waals surface area contributed by atoms with E-state index in [1.54, 1.807) is 43.7 Å². The summed E-state index contributed by atoms with van der Waals surface area (Å²) in [6.45, 7) is -0.120. The number of primary amides is 1. The van der Waals surface area contributed by atoms with Crippen LogP contribution >= 0.6 is 0 Å². The number of ether oxygens (including phenoxy) is 1. The predicted octanol–water partition coefficient (Wildman–Crippen LogP) is 1.27. The van der Waals surface area contributed by atoms with E-state index in [2.05, 4.69) is 15.1 Å². The normalized spacial score (nSPS) is 10.4. The van der Waals surface area contributed by atoms with Crippen molar-refractivity contribution in [2.45, 2.75) is 6.54 Å². The molecule has 9 nitrogen and oxygen atoms in total. The lowest BCUT2D eigenvalue weighted by Gasteiger charge is -2.15. The minimum absolute atomic E-state index is 0.137. The molecule has 0 unspecified atom stereocenters. The average Bonchev–Trinajstić information content (AvgIpc) is 3.15. The van der Waals surface area contributed by atoms with Crippen LogP contribution in [0.25, 0.3) is 11.4 Å². The van der Waals surface area contributed by atoms with E-state index < -0.39 is 5.91 Å². The summed E-state index contributed by atoms with van der Waals surface area (Å²) in [4.78, 5) is 33.1. The molecule has 2 aromatic heterocycles. The van der Waals surface area contributed by atoms with Gasteiger partial charge in [0.15, 0.2) is 6.61 Å². The minimum Gasteiger partial charge on any atom is -0.484 e. The minimum atomic E-state index is -0.593. The maximum absolute atomic E-state index is 12.6. The van der Waals surface area contributed by atoms with Crippen LogP contribution in [0.1, 0.15) is 16.2 Å². The molecule has 0 bridgehead atoms. The quantitative estimate of drug-likeness (QED) is 0.666. The molecule has 2 heterocycles. The van der Waals surface area contributed by atoms with Gasteiger partial charge >= 0.3 is 0 Å². The van der Waals surface area contributed by atoms with Crippen molar-refractivity contribution in [1.82, 2.24) is 20.0 Å². The highest BCUT2D eigenvalue weighted by Crippen LogP contribution is 2.17. The van der Waals surface area contributed by atoms with Gasteiger partial charge in [-0.3, -0.25) is 14.6 Å². The van der Waals surface area contributed by atoms with E-state index in [4.69, 9.17) is 15.0 Å². The number of hydrogen-bond acceptors (Lipinski definition) is 7. The van der Waals surface area contributed by atoms with Gasteiger partial charge in [-0.05, 0) is 30.3 Å². The second kappa shape index (κ2) is 8.09. The lowest BCUT2D eigenvalue weighted by Crippen LogP contribution is -2.26. The van der Waals surface area contributed by atoms with Gasteiger partial charge in [-0.2, -0.15) is 4.98 Å². The first-order valence-electron chi connectivity index (χ1n) is 8.02. The molecule has 0 spiro atoms. The van der Waals surface area contributed by atoms with Crippen molar-refractivity contribution in [3.63, 3.8) is 0 Å². The maximum Gasteiger partial charge on any atom is 0.255 e. The lowest BCUT2D eigenvalue weighted by atomic mass is 10.2. The molecule has 27 heavy (non-hydrogen) atoms. The zero-order chi connectivity index (χ0) is 19.2. The van der Waals surface area contributed by atoms with Crippen molar-refractivity contribution in [2.24, 2.45) is 5.73 Å². The number of aromatic nitrogens is 3. The Balaban J connectivity index is 1.67. The molecule has 9 heteroatoms. The molecular weight excluding hydrogens is 350 g/mol. The summed E-state index contributed by atoms with van der Waals surface area (Å²) in [5.74, 6) is 0.224. The van der Waals surface area contributed by atoms with Gasteiger partial charge in [-0.15, -0.1) is 0 Å². The van der Waals surface area contributed by atoms with E-state index in [-0.39, 0.29) is 19.1 Å². The Hall–Kier alpha value is -3.75. The van der Waals surface area contributed by atoms with Crippen LogP contribution in [0.4, 0.5) is 0 Å². The third kappa shape index (κ3) is 4.66. The van der Waals surface area contributed by atoms with E-state index in [1.807, 2.05) is 6.07 Å². The van der Waals surface area contributed by atoms with Crippen LogP contribution in [0, 0.1) is 0 Å². The Labute approximate surface area is 154 Å². The van der Waals surface area contributed by atoms with Crippen LogP contribution in [0.2, 0.25) is 0 Å². The third-order valence-corrected chi connectivity index (χ3v) is 3.57. The number of hydrogen-bond donors (Lipinski definition) is 1. The third-order valence-electron chi connectivity index (χ3n) is 3.57. The first kappa shape index (κ1) is 18.1. The molecule has 0 saturated carbocycles. The second-order valence-electron chi connectivity index (χ2n) is 5.70.